The van der Waals surface area contributed by atoms with Gasteiger partial charge in [0.1, 0.15) is 0 Å². The fraction of sp³-hybridized carbons (Fsp3) is 0.727. The molecule has 0 fully saturated rings. The van der Waals surface area contributed by atoms with Crippen LogP contribution in [0.3, 0.4) is 0 Å². The van der Waals surface area contributed by atoms with Crippen molar-refractivity contribution in [1.82, 2.24) is 0 Å². The molecule has 0 amide bonds. The zero-order chi connectivity index (χ0) is 12.6. The summed E-state index contributed by atoms with van der Waals surface area (Å²) in [4.78, 5) is 4.32. The Labute approximate surface area is 108 Å². The SMILES string of the molecule is NCCS(=O)(=O)CCCCCC1N=CC=CS1. The van der Waals surface area contributed by atoms with Gasteiger partial charge in [-0.2, -0.15) is 0 Å². The smallest absolute Gasteiger partial charge is 0.151 e. The van der Waals surface area contributed by atoms with Gasteiger partial charge in [-0.3, -0.25) is 4.99 Å². The first-order valence-corrected chi connectivity index (χ1v) is 8.65. The quantitative estimate of drug-likeness (QED) is 0.683. The van der Waals surface area contributed by atoms with E-state index in [-0.39, 0.29) is 18.1 Å². The minimum atomic E-state index is -2.91. The first kappa shape index (κ1) is 14.7. The van der Waals surface area contributed by atoms with E-state index in [0.29, 0.717) is 5.37 Å². The van der Waals surface area contributed by atoms with Gasteiger partial charge < -0.3 is 5.73 Å². The molecular weight excluding hydrogens is 256 g/mol. The fourth-order valence-corrected chi connectivity index (χ4v) is 3.59. The minimum Gasteiger partial charge on any atom is -0.329 e. The van der Waals surface area contributed by atoms with Gasteiger partial charge in [-0.05, 0) is 24.3 Å². The van der Waals surface area contributed by atoms with E-state index in [1.165, 1.54) is 0 Å². The molecule has 1 rings (SSSR count). The number of hydrogen-bond acceptors (Lipinski definition) is 5. The van der Waals surface area contributed by atoms with E-state index >= 15 is 0 Å². The van der Waals surface area contributed by atoms with Crippen molar-refractivity contribution in [3.63, 3.8) is 0 Å². The van der Waals surface area contributed by atoms with E-state index in [9.17, 15) is 8.42 Å². The minimum absolute atomic E-state index is 0.112. The number of rotatable bonds is 8. The third-order valence-electron chi connectivity index (χ3n) is 2.49. The lowest BCUT2D eigenvalue weighted by Crippen LogP contribution is -2.18. The highest BCUT2D eigenvalue weighted by molar-refractivity contribution is 8.02. The molecule has 1 aliphatic rings. The van der Waals surface area contributed by atoms with E-state index < -0.39 is 9.84 Å². The number of allylic oxidation sites excluding steroid dienone is 1. The van der Waals surface area contributed by atoms with Gasteiger partial charge in [0.25, 0.3) is 0 Å². The van der Waals surface area contributed by atoms with Crippen molar-refractivity contribution in [2.45, 2.75) is 31.1 Å². The van der Waals surface area contributed by atoms with Crippen LogP contribution in [0, 0.1) is 0 Å². The van der Waals surface area contributed by atoms with Gasteiger partial charge in [0.2, 0.25) is 0 Å². The highest BCUT2D eigenvalue weighted by atomic mass is 32.2. The Bertz CT molecular complexity index is 364. The standard InChI is InChI=1S/C11H20N2O2S2/c12-6-10-17(14,15)9-3-1-2-5-11-13-7-4-8-16-11/h4,7-8,11H,1-3,5-6,9-10,12H2. The Morgan fingerprint density at radius 1 is 1.24 bits per heavy atom. The molecule has 1 unspecified atom stereocenters. The molecule has 0 aromatic heterocycles. The lowest BCUT2D eigenvalue weighted by molar-refractivity contribution is 0.587. The van der Waals surface area contributed by atoms with Crippen LogP contribution < -0.4 is 5.73 Å². The summed E-state index contributed by atoms with van der Waals surface area (Å²) < 4.78 is 22.8. The normalized spacial score (nSPS) is 19.7. The van der Waals surface area contributed by atoms with Crippen LogP contribution in [0.2, 0.25) is 0 Å². The molecule has 6 heteroatoms. The lowest BCUT2D eigenvalue weighted by Gasteiger charge is -2.11. The summed E-state index contributed by atoms with van der Waals surface area (Å²) in [5, 5.41) is 2.37. The van der Waals surface area contributed by atoms with Crippen LogP contribution in [0.5, 0.6) is 0 Å². The summed E-state index contributed by atoms with van der Waals surface area (Å²) in [5.74, 6) is 0.381. The Kier molecular flexibility index (Phi) is 6.84. The van der Waals surface area contributed by atoms with E-state index in [1.54, 1.807) is 11.8 Å². The average molecular weight is 276 g/mol. The van der Waals surface area contributed by atoms with Gasteiger partial charge in [0.05, 0.1) is 16.9 Å². The van der Waals surface area contributed by atoms with E-state index in [4.69, 9.17) is 5.73 Å². The van der Waals surface area contributed by atoms with Crippen LogP contribution in [0.25, 0.3) is 0 Å². The number of hydrogen-bond donors (Lipinski definition) is 1. The first-order chi connectivity index (χ1) is 8.14. The van der Waals surface area contributed by atoms with Gasteiger partial charge in [-0.15, -0.1) is 11.8 Å². The van der Waals surface area contributed by atoms with Crippen molar-refractivity contribution in [2.75, 3.05) is 18.1 Å². The molecule has 1 atom stereocenters. The molecule has 0 aromatic rings. The second-order valence-corrected chi connectivity index (χ2v) is 7.40. The molecule has 0 radical (unpaired) electrons. The largest absolute Gasteiger partial charge is 0.329 e. The Morgan fingerprint density at radius 2 is 2.06 bits per heavy atom. The molecule has 2 N–H and O–H groups in total. The highest BCUT2D eigenvalue weighted by Crippen LogP contribution is 2.22. The van der Waals surface area contributed by atoms with Crippen LogP contribution in [0.4, 0.5) is 0 Å². The molecule has 0 aliphatic carbocycles. The molecule has 1 aliphatic heterocycles. The summed E-state index contributed by atoms with van der Waals surface area (Å²) in [7, 11) is -2.91. The van der Waals surface area contributed by atoms with E-state index in [0.717, 1.165) is 25.7 Å². The van der Waals surface area contributed by atoms with Crippen LogP contribution >= 0.6 is 11.8 Å². The molecule has 0 bridgehead atoms. The van der Waals surface area contributed by atoms with E-state index in [1.807, 2.05) is 17.7 Å². The molecule has 0 saturated carbocycles. The topological polar surface area (TPSA) is 72.5 Å². The second-order valence-electron chi connectivity index (χ2n) is 4.01. The van der Waals surface area contributed by atoms with Crippen molar-refractivity contribution in [1.29, 1.82) is 0 Å². The van der Waals surface area contributed by atoms with Gasteiger partial charge in [-0.25, -0.2) is 8.42 Å². The Hall–Kier alpha value is -0.330. The van der Waals surface area contributed by atoms with Gasteiger partial charge >= 0.3 is 0 Å². The van der Waals surface area contributed by atoms with Gasteiger partial charge in [0, 0.05) is 12.8 Å². The summed E-state index contributed by atoms with van der Waals surface area (Å²) in [5.41, 5.74) is 5.24. The zero-order valence-corrected chi connectivity index (χ0v) is 11.5. The summed E-state index contributed by atoms with van der Waals surface area (Å²) >= 11 is 1.72. The number of unbranched alkanes of at least 4 members (excludes halogenated alkanes) is 2. The fourth-order valence-electron chi connectivity index (χ4n) is 1.59. The maximum absolute atomic E-state index is 11.4. The molecule has 0 saturated heterocycles. The van der Waals surface area contributed by atoms with Crippen molar-refractivity contribution in [3.05, 3.63) is 11.5 Å². The Morgan fingerprint density at radius 3 is 2.71 bits per heavy atom. The molecule has 17 heavy (non-hydrogen) atoms. The van der Waals surface area contributed by atoms with Crippen molar-refractivity contribution in [3.8, 4) is 0 Å². The van der Waals surface area contributed by atoms with Crippen molar-refractivity contribution >= 4 is 27.8 Å². The average Bonchev–Trinajstić information content (AvgIpc) is 2.30. The third kappa shape index (κ3) is 6.85. The summed E-state index contributed by atoms with van der Waals surface area (Å²) in [6, 6.07) is 0. The molecule has 0 aromatic carbocycles. The predicted octanol–water partition coefficient (Wildman–Crippen LogP) is 1.58. The highest BCUT2D eigenvalue weighted by Gasteiger charge is 2.10. The number of nitrogens with two attached hydrogens (primary N) is 1. The zero-order valence-electron chi connectivity index (χ0n) is 9.92. The van der Waals surface area contributed by atoms with Crippen LogP contribution in [-0.2, 0) is 9.84 Å². The maximum atomic E-state index is 11.4. The number of nitrogens with zero attached hydrogens (tertiary/aromatic N) is 1. The summed E-state index contributed by atoms with van der Waals surface area (Å²) in [6.07, 6.45) is 7.48. The monoisotopic (exact) mass is 276 g/mol. The Balaban J connectivity index is 2.05. The predicted molar refractivity (Wildman–Crippen MR) is 75.2 cm³/mol. The summed E-state index contributed by atoms with van der Waals surface area (Å²) in [6.45, 7) is 0.224. The van der Waals surface area contributed by atoms with E-state index in [2.05, 4.69) is 4.99 Å². The van der Waals surface area contributed by atoms with Gasteiger partial charge in [-0.1, -0.05) is 12.8 Å². The molecule has 0 spiro atoms. The van der Waals surface area contributed by atoms with Gasteiger partial charge in [0.15, 0.2) is 9.84 Å². The second kappa shape index (κ2) is 7.89. The number of sulfone groups is 1. The van der Waals surface area contributed by atoms with Crippen LogP contribution in [0.1, 0.15) is 25.7 Å². The first-order valence-electron chi connectivity index (χ1n) is 5.88. The molecule has 98 valence electrons. The van der Waals surface area contributed by atoms with Crippen molar-refractivity contribution in [2.24, 2.45) is 10.7 Å². The number of aliphatic imine (C=N–C) groups is 1. The third-order valence-corrected chi connectivity index (χ3v) is 5.24. The lowest BCUT2D eigenvalue weighted by atomic mass is 10.2. The van der Waals surface area contributed by atoms with Crippen LogP contribution in [-0.4, -0.2) is 38.1 Å². The molecule has 4 nitrogen and oxygen atoms in total. The maximum Gasteiger partial charge on any atom is 0.151 e. The molecular formula is C11H20N2O2S2. The van der Waals surface area contributed by atoms with Crippen LogP contribution in [0.15, 0.2) is 16.5 Å². The molecule has 1 heterocycles. The van der Waals surface area contributed by atoms with Crippen molar-refractivity contribution < 1.29 is 8.42 Å². The number of thioether (sulfide) groups is 1.